The van der Waals surface area contributed by atoms with Crippen LogP contribution >= 0.6 is 0 Å². The molecule has 0 rings (SSSR count). The van der Waals surface area contributed by atoms with Gasteiger partial charge in [0.05, 0.1) is 0 Å². The van der Waals surface area contributed by atoms with Gasteiger partial charge in [-0.25, -0.2) is 0 Å². The monoisotopic (exact) mass is 102 g/mol. The Hall–Kier alpha value is 0.950. The van der Waals surface area contributed by atoms with E-state index in [1.165, 1.54) is 0 Å². The van der Waals surface area contributed by atoms with Gasteiger partial charge in [-0.2, -0.15) is 8.42 Å². The first-order valence-electron chi connectivity index (χ1n) is 0.333. The summed E-state index contributed by atoms with van der Waals surface area (Å²) in [7, 11) is 0. The molecule has 0 heterocycles. The van der Waals surface area contributed by atoms with Gasteiger partial charge in [0, 0.05) is 0 Å². The minimum absolute atomic E-state index is 0. The van der Waals surface area contributed by atoms with E-state index < -0.39 is 11.6 Å². The third-order valence-corrected chi connectivity index (χ3v) is 0. The van der Waals surface area contributed by atoms with E-state index in [9.17, 15) is 0 Å². The van der Waals surface area contributed by atoms with Crippen LogP contribution in [0.4, 0.5) is 0 Å². The van der Waals surface area contributed by atoms with Crippen LogP contribution in [0.3, 0.4) is 0 Å². The van der Waals surface area contributed by atoms with Gasteiger partial charge in [0.2, 0.25) is 0 Å². The van der Waals surface area contributed by atoms with Gasteiger partial charge < -0.3 is 0 Å². The van der Waals surface area contributed by atoms with Gasteiger partial charge in [-0.15, -0.1) is 0 Å². The first-order chi connectivity index (χ1) is 1.41. The predicted molar refractivity (Wildman–Crippen MR) is 26.0 cm³/mol. The zero-order valence-corrected chi connectivity index (χ0v) is 2.04. The van der Waals surface area contributed by atoms with Crippen LogP contribution in [-0.4, -0.2) is 44.6 Å². The van der Waals surface area contributed by atoms with Crippen LogP contribution in [0.2, 0.25) is 0 Å². The van der Waals surface area contributed by atoms with Gasteiger partial charge in [0.15, 0.2) is 17.4 Å². The Morgan fingerprint density at radius 1 is 1.20 bits per heavy atom. The van der Waals surface area contributed by atoms with Crippen molar-refractivity contribution in [1.29, 1.82) is 0 Å². The van der Waals surface area contributed by atoms with Crippen molar-refractivity contribution >= 4 is 47.8 Å². The van der Waals surface area contributed by atoms with Crippen LogP contribution in [0.5, 0.6) is 0 Å². The Bertz CT molecular complexity index is 30.6. The zero-order valence-electron chi connectivity index (χ0n) is 1.22. The summed E-state index contributed by atoms with van der Waals surface area (Å²) in [4.78, 5) is 0. The van der Waals surface area contributed by atoms with Gasteiger partial charge in [0.1, 0.15) is 0 Å². The number of hydrogen-bond acceptors (Lipinski definition) is 2. The Morgan fingerprint density at radius 3 is 1.20 bits per heavy atom. The van der Waals surface area contributed by atoms with Gasteiger partial charge >= 0.3 is 30.4 Å². The summed E-state index contributed by atoms with van der Waals surface area (Å²) < 4.78 is 16.6. The van der Waals surface area contributed by atoms with Crippen LogP contribution in [0.15, 0.2) is 0 Å². The molecule has 0 aromatic carbocycles. The van der Waals surface area contributed by atoms with Crippen LogP contribution in [-0.2, 0) is 11.6 Å². The summed E-state index contributed by atoms with van der Waals surface area (Å²) in [6, 6.07) is 0. The fourth-order valence-corrected chi connectivity index (χ4v) is 0. The van der Waals surface area contributed by atoms with Crippen molar-refractivity contribution in [2.24, 2.45) is 0 Å². The van der Waals surface area contributed by atoms with Gasteiger partial charge in [-0.05, 0) is 0 Å². The fourth-order valence-electron chi connectivity index (χ4n) is 0. The molecular formula is H4AlLiO2S. The second-order valence-electron chi connectivity index (χ2n) is 0.0680. The van der Waals surface area contributed by atoms with E-state index in [2.05, 4.69) is 0 Å². The topological polar surface area (TPSA) is 34.1 Å². The molecule has 5 heteroatoms. The van der Waals surface area contributed by atoms with Gasteiger partial charge in [-0.3, -0.25) is 0 Å². The molecule has 0 spiro atoms. The third kappa shape index (κ3) is 47.7. The molecule has 0 aromatic heterocycles. The van der Waals surface area contributed by atoms with Crippen molar-refractivity contribution in [3.05, 3.63) is 0 Å². The normalized spacial score (nSPS) is 2.40. The van der Waals surface area contributed by atoms with Gasteiger partial charge in [-0.1, -0.05) is 0 Å². The van der Waals surface area contributed by atoms with Crippen molar-refractivity contribution in [2.75, 3.05) is 0 Å². The Morgan fingerprint density at radius 2 is 1.20 bits per heavy atom. The average molecular weight is 102 g/mol. The molecule has 0 saturated heterocycles. The van der Waals surface area contributed by atoms with Crippen molar-refractivity contribution in [3.8, 4) is 0 Å². The average Bonchev–Trinajstić information content (AvgIpc) is 0.918. The third-order valence-electron chi connectivity index (χ3n) is 0. The summed E-state index contributed by atoms with van der Waals surface area (Å²) in [6.07, 6.45) is 0. The quantitative estimate of drug-likeness (QED) is 0.317. The van der Waals surface area contributed by atoms with Crippen molar-refractivity contribution in [1.82, 2.24) is 0 Å². The molecule has 0 aliphatic heterocycles. The summed E-state index contributed by atoms with van der Waals surface area (Å²) in [5, 5.41) is 0. The van der Waals surface area contributed by atoms with Gasteiger partial charge in [0.25, 0.3) is 0 Å². The molecule has 0 amide bonds. The second kappa shape index (κ2) is 20.3. The van der Waals surface area contributed by atoms with E-state index in [1.54, 1.807) is 0 Å². The molecule has 0 aliphatic rings. The summed E-state index contributed by atoms with van der Waals surface area (Å²) in [5.41, 5.74) is 0. The van der Waals surface area contributed by atoms with E-state index in [0.29, 0.717) is 0 Å². The first kappa shape index (κ1) is 16.8. The molecule has 0 unspecified atom stereocenters. The fraction of sp³-hybridized carbons (Fsp3) is 0. The molecule has 0 aliphatic carbocycles. The summed E-state index contributed by atoms with van der Waals surface area (Å²) in [6.45, 7) is 0. The summed E-state index contributed by atoms with van der Waals surface area (Å²) in [5.74, 6) is 0. The molecule has 0 N–H and O–H groups in total. The van der Waals surface area contributed by atoms with Crippen molar-refractivity contribution in [2.45, 2.75) is 0 Å². The molecule has 26 valence electrons. The molecular weight excluding hydrogens is 98.0 g/mol. The van der Waals surface area contributed by atoms with Crippen LogP contribution < -0.4 is 0 Å². The maximum atomic E-state index is 8.29. The van der Waals surface area contributed by atoms with Crippen molar-refractivity contribution in [3.63, 3.8) is 0 Å². The Balaban J connectivity index is -0.0000000200. The maximum absolute atomic E-state index is 8.29. The first-order valence-corrected chi connectivity index (χ1v) is 1.00. The molecule has 0 saturated carbocycles. The van der Waals surface area contributed by atoms with E-state index in [1.807, 2.05) is 0 Å². The van der Waals surface area contributed by atoms with Crippen LogP contribution in [0, 0.1) is 0 Å². The SMILES string of the molecule is O=S=O.[AlH3].[LiH]. The molecule has 2 nitrogen and oxygen atoms in total. The molecule has 0 radical (unpaired) electrons. The molecule has 0 atom stereocenters. The number of rotatable bonds is 0. The summed E-state index contributed by atoms with van der Waals surface area (Å²) >= 11 is -0.750. The second-order valence-corrected chi connectivity index (χ2v) is 0.204. The standard InChI is InChI=1S/Al.Li.O2S.4H/c;;1-3-2;;;;. The van der Waals surface area contributed by atoms with E-state index >= 15 is 0 Å². The minimum atomic E-state index is -0.750. The van der Waals surface area contributed by atoms with E-state index in [-0.39, 0.29) is 36.2 Å². The van der Waals surface area contributed by atoms with Crippen LogP contribution in [0.1, 0.15) is 0 Å². The molecule has 0 fully saturated rings. The zero-order chi connectivity index (χ0) is 2.71. The predicted octanol–water partition coefficient (Wildman–Crippen LogP) is -2.50. The Kier molecular flexibility index (Phi) is 68.1. The van der Waals surface area contributed by atoms with Crippen molar-refractivity contribution < 1.29 is 8.42 Å². The van der Waals surface area contributed by atoms with Crippen LogP contribution in [0.25, 0.3) is 0 Å². The van der Waals surface area contributed by atoms with E-state index in [0.717, 1.165) is 0 Å². The number of hydrogen-bond donors (Lipinski definition) is 0. The molecule has 5 heavy (non-hydrogen) atoms. The Labute approximate surface area is 56.2 Å². The molecule has 0 bridgehead atoms. The molecule has 0 aromatic rings. The van der Waals surface area contributed by atoms with E-state index in [4.69, 9.17) is 8.42 Å².